The zero-order valence-electron chi connectivity index (χ0n) is 13.7. The lowest BCUT2D eigenvalue weighted by molar-refractivity contribution is 0.0949. The summed E-state index contributed by atoms with van der Waals surface area (Å²) < 4.78 is 6.24. The van der Waals surface area contributed by atoms with Crippen molar-refractivity contribution in [3.8, 4) is 5.75 Å². The van der Waals surface area contributed by atoms with Gasteiger partial charge in [0.2, 0.25) is 0 Å². The summed E-state index contributed by atoms with van der Waals surface area (Å²) in [6, 6.07) is 5.68. The van der Waals surface area contributed by atoms with E-state index >= 15 is 0 Å². The number of hydrogen-bond donors (Lipinski definition) is 1. The topological polar surface area (TPSA) is 64.1 Å². The van der Waals surface area contributed by atoms with Crippen LogP contribution >= 0.6 is 15.9 Å². The third-order valence-electron chi connectivity index (χ3n) is 3.44. The zero-order chi connectivity index (χ0) is 17.0. The van der Waals surface area contributed by atoms with E-state index in [0.29, 0.717) is 17.8 Å². The van der Waals surface area contributed by atoms with Gasteiger partial charge in [-0.25, -0.2) is 9.97 Å². The second-order valence-electron chi connectivity index (χ2n) is 5.52. The lowest BCUT2D eigenvalue weighted by Crippen LogP contribution is -2.24. The highest BCUT2D eigenvalue weighted by Gasteiger charge is 2.14. The Morgan fingerprint density at radius 3 is 2.74 bits per heavy atom. The summed E-state index contributed by atoms with van der Waals surface area (Å²) in [7, 11) is 1.61. The minimum atomic E-state index is -0.195. The Labute approximate surface area is 144 Å². The molecule has 1 aromatic heterocycles. The summed E-state index contributed by atoms with van der Waals surface area (Å²) in [6.45, 7) is 6.23. The number of benzene rings is 1. The number of aryl methyl sites for hydroxylation is 1. The molecule has 0 atom stereocenters. The van der Waals surface area contributed by atoms with Crippen LogP contribution in [0.5, 0.6) is 5.75 Å². The van der Waals surface area contributed by atoms with Crippen LogP contribution < -0.4 is 10.1 Å². The van der Waals surface area contributed by atoms with Crippen molar-refractivity contribution in [2.45, 2.75) is 33.2 Å². The molecule has 2 rings (SSSR count). The van der Waals surface area contributed by atoms with Gasteiger partial charge in [-0.2, -0.15) is 0 Å². The average molecular weight is 378 g/mol. The van der Waals surface area contributed by atoms with Crippen molar-refractivity contribution in [1.29, 1.82) is 0 Å². The molecule has 6 heteroatoms. The molecular formula is C17H20BrN3O2. The molecule has 0 radical (unpaired) electrons. The summed E-state index contributed by atoms with van der Waals surface area (Å²) in [5.74, 6) is 1.51. The Hall–Kier alpha value is -1.95. The third kappa shape index (κ3) is 4.28. The van der Waals surface area contributed by atoms with Crippen molar-refractivity contribution in [2.24, 2.45) is 0 Å². The standard InChI is InChI=1S/C17H20BrN3O2/c1-10(2)16-19-9-14(11(3)21-16)17(22)20-8-12-7-13(18)5-6-15(12)23-4/h5-7,9-10H,8H2,1-4H3,(H,20,22). The van der Waals surface area contributed by atoms with Gasteiger partial charge >= 0.3 is 0 Å². The minimum absolute atomic E-state index is 0.195. The number of aromatic nitrogens is 2. The van der Waals surface area contributed by atoms with Crippen LogP contribution in [-0.2, 0) is 6.54 Å². The Kier molecular flexibility index (Phi) is 5.71. The maximum absolute atomic E-state index is 12.4. The molecule has 1 N–H and O–H groups in total. The van der Waals surface area contributed by atoms with Crippen LogP contribution in [0.1, 0.15) is 47.2 Å². The summed E-state index contributed by atoms with van der Waals surface area (Å²) in [5, 5.41) is 2.89. The summed E-state index contributed by atoms with van der Waals surface area (Å²) >= 11 is 3.42. The molecule has 0 bridgehead atoms. The van der Waals surface area contributed by atoms with Gasteiger partial charge in [-0.15, -0.1) is 0 Å². The van der Waals surface area contributed by atoms with E-state index in [1.165, 1.54) is 0 Å². The molecule has 0 spiro atoms. The largest absolute Gasteiger partial charge is 0.496 e. The molecule has 0 unspecified atom stereocenters. The molecule has 1 amide bonds. The van der Waals surface area contributed by atoms with Crippen molar-refractivity contribution in [3.05, 3.63) is 51.5 Å². The van der Waals surface area contributed by atoms with Gasteiger partial charge in [0.15, 0.2) is 0 Å². The molecule has 0 saturated heterocycles. The molecule has 122 valence electrons. The quantitative estimate of drug-likeness (QED) is 0.864. The molecular weight excluding hydrogens is 358 g/mol. The van der Waals surface area contributed by atoms with Crippen LogP contribution in [0.3, 0.4) is 0 Å². The van der Waals surface area contributed by atoms with E-state index in [1.54, 1.807) is 13.3 Å². The number of nitrogens with zero attached hydrogens (tertiary/aromatic N) is 2. The first-order valence-electron chi connectivity index (χ1n) is 7.36. The number of rotatable bonds is 5. The fourth-order valence-corrected chi connectivity index (χ4v) is 2.55. The van der Waals surface area contributed by atoms with Crippen molar-refractivity contribution < 1.29 is 9.53 Å². The van der Waals surface area contributed by atoms with Crippen LogP contribution in [-0.4, -0.2) is 23.0 Å². The van der Waals surface area contributed by atoms with E-state index in [-0.39, 0.29) is 11.8 Å². The SMILES string of the molecule is COc1ccc(Br)cc1CNC(=O)c1cnc(C(C)C)nc1C. The molecule has 0 aliphatic rings. The second-order valence-corrected chi connectivity index (χ2v) is 6.44. The fourth-order valence-electron chi connectivity index (χ4n) is 2.14. The smallest absolute Gasteiger partial charge is 0.254 e. The lowest BCUT2D eigenvalue weighted by atomic mass is 10.1. The predicted molar refractivity (Wildman–Crippen MR) is 92.7 cm³/mol. The van der Waals surface area contributed by atoms with Crippen molar-refractivity contribution in [2.75, 3.05) is 7.11 Å². The highest BCUT2D eigenvalue weighted by atomic mass is 79.9. The molecule has 1 heterocycles. The van der Waals surface area contributed by atoms with Crippen LogP contribution in [0.2, 0.25) is 0 Å². The molecule has 0 saturated carbocycles. The fraction of sp³-hybridized carbons (Fsp3) is 0.353. The van der Waals surface area contributed by atoms with Crippen molar-refractivity contribution in [1.82, 2.24) is 15.3 Å². The number of carbonyl (C=O) groups excluding carboxylic acids is 1. The Balaban J connectivity index is 2.13. The first-order chi connectivity index (χ1) is 10.9. The molecule has 0 fully saturated rings. The van der Waals surface area contributed by atoms with Crippen LogP contribution in [0.15, 0.2) is 28.9 Å². The monoisotopic (exact) mass is 377 g/mol. The van der Waals surface area contributed by atoms with Gasteiger partial charge in [0.05, 0.1) is 18.4 Å². The molecule has 0 aliphatic heterocycles. The van der Waals surface area contributed by atoms with Crippen LogP contribution in [0, 0.1) is 6.92 Å². The molecule has 1 aromatic carbocycles. The number of methoxy groups -OCH3 is 1. The van der Waals surface area contributed by atoms with Crippen molar-refractivity contribution in [3.63, 3.8) is 0 Å². The van der Waals surface area contributed by atoms with Crippen LogP contribution in [0.4, 0.5) is 0 Å². The van der Waals surface area contributed by atoms with E-state index in [4.69, 9.17) is 4.74 Å². The Bertz CT molecular complexity index is 717. The number of hydrogen-bond acceptors (Lipinski definition) is 4. The van der Waals surface area contributed by atoms with Crippen LogP contribution in [0.25, 0.3) is 0 Å². The number of halogens is 1. The summed E-state index contributed by atoms with van der Waals surface area (Å²) in [5.41, 5.74) is 2.07. The van der Waals surface area contributed by atoms with E-state index < -0.39 is 0 Å². The van der Waals surface area contributed by atoms with E-state index in [1.807, 2.05) is 39.0 Å². The van der Waals surface area contributed by atoms with Gasteiger partial charge in [0.25, 0.3) is 5.91 Å². The number of nitrogens with one attached hydrogen (secondary N) is 1. The minimum Gasteiger partial charge on any atom is -0.496 e. The summed E-state index contributed by atoms with van der Waals surface area (Å²) in [4.78, 5) is 21.0. The van der Waals surface area contributed by atoms with E-state index in [9.17, 15) is 4.79 Å². The molecule has 2 aromatic rings. The molecule has 23 heavy (non-hydrogen) atoms. The maximum Gasteiger partial charge on any atom is 0.254 e. The van der Waals surface area contributed by atoms with Crippen molar-refractivity contribution >= 4 is 21.8 Å². The highest BCUT2D eigenvalue weighted by Crippen LogP contribution is 2.23. The first kappa shape index (κ1) is 17.4. The highest BCUT2D eigenvalue weighted by molar-refractivity contribution is 9.10. The Morgan fingerprint density at radius 2 is 2.13 bits per heavy atom. The first-order valence-corrected chi connectivity index (χ1v) is 8.15. The normalized spacial score (nSPS) is 10.7. The predicted octanol–water partition coefficient (Wildman–Crippen LogP) is 3.61. The summed E-state index contributed by atoms with van der Waals surface area (Å²) in [6.07, 6.45) is 1.59. The van der Waals surface area contributed by atoms with E-state index in [2.05, 4.69) is 31.2 Å². The van der Waals surface area contributed by atoms with Gasteiger partial charge in [0, 0.05) is 28.7 Å². The van der Waals surface area contributed by atoms with Gasteiger partial charge in [0.1, 0.15) is 11.6 Å². The lowest BCUT2D eigenvalue weighted by Gasteiger charge is -2.12. The molecule has 0 aliphatic carbocycles. The zero-order valence-corrected chi connectivity index (χ0v) is 15.3. The maximum atomic E-state index is 12.4. The van der Waals surface area contributed by atoms with Gasteiger partial charge in [-0.3, -0.25) is 4.79 Å². The third-order valence-corrected chi connectivity index (χ3v) is 3.93. The average Bonchev–Trinajstić information content (AvgIpc) is 2.52. The number of carbonyl (C=O) groups is 1. The Morgan fingerprint density at radius 1 is 1.39 bits per heavy atom. The second kappa shape index (κ2) is 7.55. The van der Waals surface area contributed by atoms with Gasteiger partial charge in [-0.1, -0.05) is 29.8 Å². The van der Waals surface area contributed by atoms with Gasteiger partial charge < -0.3 is 10.1 Å². The van der Waals surface area contributed by atoms with E-state index in [0.717, 1.165) is 21.6 Å². The molecule has 5 nitrogen and oxygen atoms in total. The number of ether oxygens (including phenoxy) is 1. The number of amides is 1. The van der Waals surface area contributed by atoms with Gasteiger partial charge in [-0.05, 0) is 25.1 Å².